The van der Waals surface area contributed by atoms with Gasteiger partial charge in [0.15, 0.2) is 0 Å². The van der Waals surface area contributed by atoms with Gasteiger partial charge in [0.1, 0.15) is 17.4 Å². The van der Waals surface area contributed by atoms with Crippen LogP contribution in [0.4, 0.5) is 5.00 Å². The summed E-state index contributed by atoms with van der Waals surface area (Å²) in [6.45, 7) is 4.01. The first-order chi connectivity index (χ1) is 16.5. The van der Waals surface area contributed by atoms with E-state index in [1.54, 1.807) is 24.3 Å². The highest BCUT2D eigenvalue weighted by Crippen LogP contribution is 2.29. The second-order valence-electron chi connectivity index (χ2n) is 7.30. The summed E-state index contributed by atoms with van der Waals surface area (Å²) >= 11 is 4.76. The molecule has 3 N–H and O–H groups in total. The first-order valence-electron chi connectivity index (χ1n) is 10.6. The first kappa shape index (κ1) is 25.2. The molecule has 0 unspecified atom stereocenters. The summed E-state index contributed by atoms with van der Waals surface area (Å²) in [4.78, 5) is 25.6. The fourth-order valence-electron chi connectivity index (χ4n) is 3.01. The standard InChI is InChI=1S/C27H25BrN2O3S/c1-2-3-4-5-6-7-8-23-17-24(25(29)31)27(34-23)30-26(32)20-11-9-19(10-12-20)18-33-22-15-13-21(28)14-16-22/h2-6,9-17H,1,7-8,18H2,(H2,29,31)(H,30,32)/b4-3-,6-5-. The number of ether oxygens (including phenoxy) is 1. The number of halogens is 1. The van der Waals surface area contributed by atoms with Gasteiger partial charge in [0, 0.05) is 14.9 Å². The van der Waals surface area contributed by atoms with Gasteiger partial charge in [0.05, 0.1) is 5.56 Å². The fourth-order valence-corrected chi connectivity index (χ4v) is 4.35. The van der Waals surface area contributed by atoms with Gasteiger partial charge in [-0.2, -0.15) is 0 Å². The zero-order chi connectivity index (χ0) is 24.3. The minimum atomic E-state index is -0.567. The number of aryl methyl sites for hydroxylation is 1. The van der Waals surface area contributed by atoms with Crippen molar-refractivity contribution in [1.82, 2.24) is 0 Å². The molecule has 1 heterocycles. The van der Waals surface area contributed by atoms with Gasteiger partial charge in [0.2, 0.25) is 0 Å². The number of hydrogen-bond donors (Lipinski definition) is 2. The third-order valence-electron chi connectivity index (χ3n) is 4.76. The van der Waals surface area contributed by atoms with Crippen LogP contribution in [-0.2, 0) is 13.0 Å². The zero-order valence-electron chi connectivity index (χ0n) is 18.5. The van der Waals surface area contributed by atoms with Crippen LogP contribution in [0.1, 0.15) is 37.6 Å². The van der Waals surface area contributed by atoms with Crippen molar-refractivity contribution < 1.29 is 14.3 Å². The van der Waals surface area contributed by atoms with Crippen molar-refractivity contribution in [3.05, 3.63) is 118 Å². The summed E-state index contributed by atoms with van der Waals surface area (Å²) in [5.41, 5.74) is 7.27. The van der Waals surface area contributed by atoms with E-state index < -0.39 is 5.91 Å². The minimum Gasteiger partial charge on any atom is -0.489 e. The quantitative estimate of drug-likeness (QED) is 0.268. The smallest absolute Gasteiger partial charge is 0.256 e. The number of benzene rings is 2. The topological polar surface area (TPSA) is 81.4 Å². The molecule has 2 aromatic carbocycles. The molecule has 3 rings (SSSR count). The largest absolute Gasteiger partial charge is 0.489 e. The van der Waals surface area contributed by atoms with Crippen molar-refractivity contribution in [2.24, 2.45) is 5.73 Å². The third-order valence-corrected chi connectivity index (χ3v) is 6.40. The first-order valence-corrected chi connectivity index (χ1v) is 12.2. The lowest BCUT2D eigenvalue weighted by molar-refractivity contribution is 0.100. The Labute approximate surface area is 211 Å². The van der Waals surface area contributed by atoms with Crippen LogP contribution in [0.25, 0.3) is 0 Å². The normalized spacial score (nSPS) is 11.1. The maximum atomic E-state index is 12.8. The lowest BCUT2D eigenvalue weighted by Gasteiger charge is -2.08. The number of amides is 2. The maximum Gasteiger partial charge on any atom is 0.256 e. The second kappa shape index (κ2) is 12.7. The molecule has 1 aromatic heterocycles. The fraction of sp³-hybridized carbons (Fsp3) is 0.111. The Hall–Kier alpha value is -3.42. The predicted molar refractivity (Wildman–Crippen MR) is 143 cm³/mol. The van der Waals surface area contributed by atoms with Crippen molar-refractivity contribution in [2.45, 2.75) is 19.4 Å². The maximum absolute atomic E-state index is 12.8. The highest BCUT2D eigenvalue weighted by atomic mass is 79.9. The molecule has 7 heteroatoms. The van der Waals surface area contributed by atoms with Crippen molar-refractivity contribution in [3.63, 3.8) is 0 Å². The Kier molecular flexibility index (Phi) is 9.43. The van der Waals surface area contributed by atoms with Crippen molar-refractivity contribution in [3.8, 4) is 5.75 Å². The molecule has 0 fully saturated rings. The van der Waals surface area contributed by atoms with E-state index in [-0.39, 0.29) is 5.91 Å². The Morgan fingerprint density at radius 2 is 1.79 bits per heavy atom. The van der Waals surface area contributed by atoms with E-state index in [1.807, 2.05) is 60.7 Å². The number of nitrogens with two attached hydrogens (primary N) is 1. The lowest BCUT2D eigenvalue weighted by Crippen LogP contribution is -2.16. The lowest BCUT2D eigenvalue weighted by atomic mass is 10.1. The van der Waals surface area contributed by atoms with Crippen LogP contribution in [0.3, 0.4) is 0 Å². The Balaban J connectivity index is 1.60. The van der Waals surface area contributed by atoms with E-state index in [9.17, 15) is 9.59 Å². The molecule has 0 aliphatic carbocycles. The number of carbonyl (C=O) groups excluding carboxylic acids is 2. The van der Waals surface area contributed by atoms with Crippen LogP contribution < -0.4 is 15.8 Å². The summed E-state index contributed by atoms with van der Waals surface area (Å²) in [5, 5.41) is 3.30. The van der Waals surface area contributed by atoms with E-state index in [0.717, 1.165) is 33.5 Å². The number of allylic oxidation sites excluding steroid dienone is 5. The summed E-state index contributed by atoms with van der Waals surface area (Å²) in [5.74, 6) is -0.102. The Morgan fingerprint density at radius 1 is 1.06 bits per heavy atom. The molecule has 2 amide bonds. The van der Waals surface area contributed by atoms with E-state index in [0.29, 0.717) is 22.7 Å². The molecular formula is C27H25BrN2O3S. The molecule has 0 spiro atoms. The Bertz CT molecular complexity index is 1200. The van der Waals surface area contributed by atoms with Crippen LogP contribution in [0.5, 0.6) is 5.75 Å². The Morgan fingerprint density at radius 3 is 2.47 bits per heavy atom. The van der Waals surface area contributed by atoms with Crippen molar-refractivity contribution in [2.75, 3.05) is 5.32 Å². The third kappa shape index (κ3) is 7.57. The van der Waals surface area contributed by atoms with E-state index in [2.05, 4.69) is 27.8 Å². The number of thiophene rings is 1. The number of carbonyl (C=O) groups is 2. The minimum absolute atomic E-state index is 0.300. The van der Waals surface area contributed by atoms with Gasteiger partial charge in [-0.3, -0.25) is 9.59 Å². The molecule has 0 saturated heterocycles. The van der Waals surface area contributed by atoms with Gasteiger partial charge in [-0.05, 0) is 60.9 Å². The van der Waals surface area contributed by atoms with Gasteiger partial charge in [-0.15, -0.1) is 11.3 Å². The predicted octanol–water partition coefficient (Wildman–Crippen LogP) is 6.67. The molecule has 0 saturated carbocycles. The van der Waals surface area contributed by atoms with Gasteiger partial charge in [-0.1, -0.05) is 65.0 Å². The molecule has 0 aliphatic rings. The van der Waals surface area contributed by atoms with Crippen molar-refractivity contribution >= 4 is 44.1 Å². The van der Waals surface area contributed by atoms with Gasteiger partial charge in [-0.25, -0.2) is 0 Å². The van der Waals surface area contributed by atoms with E-state index in [1.165, 1.54) is 11.3 Å². The van der Waals surface area contributed by atoms with Crippen LogP contribution in [0, 0.1) is 0 Å². The van der Waals surface area contributed by atoms with Crippen LogP contribution in [-0.4, -0.2) is 11.8 Å². The number of anilines is 1. The SMILES string of the molecule is C=C/C=C\C=C/CCc1cc(C(N)=O)c(NC(=O)c2ccc(COc3ccc(Br)cc3)cc2)s1. The van der Waals surface area contributed by atoms with Crippen LogP contribution >= 0.6 is 27.3 Å². The summed E-state index contributed by atoms with van der Waals surface area (Å²) < 4.78 is 6.75. The molecule has 5 nitrogen and oxygen atoms in total. The molecule has 0 bridgehead atoms. The molecule has 174 valence electrons. The summed E-state index contributed by atoms with van der Waals surface area (Å²) in [6, 6.07) is 16.5. The number of hydrogen-bond acceptors (Lipinski definition) is 4. The van der Waals surface area contributed by atoms with Crippen molar-refractivity contribution in [1.29, 1.82) is 0 Å². The molecule has 0 atom stereocenters. The van der Waals surface area contributed by atoms with Gasteiger partial charge < -0.3 is 15.8 Å². The number of primary amides is 1. The van der Waals surface area contributed by atoms with Crippen LogP contribution in [0.2, 0.25) is 0 Å². The second-order valence-corrected chi connectivity index (χ2v) is 9.35. The summed E-state index contributed by atoms with van der Waals surface area (Å²) in [6.07, 6.45) is 11.0. The van der Waals surface area contributed by atoms with E-state index >= 15 is 0 Å². The average Bonchev–Trinajstić information content (AvgIpc) is 3.24. The highest BCUT2D eigenvalue weighted by molar-refractivity contribution is 9.10. The molecule has 0 radical (unpaired) electrons. The van der Waals surface area contributed by atoms with Gasteiger partial charge in [0.25, 0.3) is 11.8 Å². The monoisotopic (exact) mass is 536 g/mol. The van der Waals surface area contributed by atoms with E-state index in [4.69, 9.17) is 10.5 Å². The van der Waals surface area contributed by atoms with Crippen LogP contribution in [0.15, 0.2) is 96.0 Å². The van der Waals surface area contributed by atoms with Gasteiger partial charge >= 0.3 is 0 Å². The zero-order valence-corrected chi connectivity index (χ0v) is 20.9. The molecule has 34 heavy (non-hydrogen) atoms. The molecule has 0 aliphatic heterocycles. The average molecular weight is 537 g/mol. The summed E-state index contributed by atoms with van der Waals surface area (Å²) in [7, 11) is 0. The molecule has 3 aromatic rings. The number of rotatable bonds is 11. The molecular weight excluding hydrogens is 512 g/mol. The number of nitrogens with one attached hydrogen (secondary N) is 1. The highest BCUT2D eigenvalue weighted by Gasteiger charge is 2.16.